The van der Waals surface area contributed by atoms with Gasteiger partial charge in [-0.05, 0) is 54.0 Å². The fourth-order valence-corrected chi connectivity index (χ4v) is 5.08. The molecule has 2 nitrogen and oxygen atoms in total. The lowest BCUT2D eigenvalue weighted by atomic mass is 9.88. The Kier molecular flexibility index (Phi) is 4.77. The van der Waals surface area contributed by atoms with Crippen LogP contribution in [-0.2, 0) is 4.74 Å². The highest BCUT2D eigenvalue weighted by Gasteiger charge is 2.47. The van der Waals surface area contributed by atoms with Gasteiger partial charge in [-0.25, -0.2) is 4.79 Å². The molecule has 144 valence electrons. The van der Waals surface area contributed by atoms with Gasteiger partial charge in [0.2, 0.25) is 0 Å². The van der Waals surface area contributed by atoms with Crippen molar-refractivity contribution in [2.75, 3.05) is 0 Å². The van der Waals surface area contributed by atoms with Crippen molar-refractivity contribution >= 4 is 11.5 Å². The van der Waals surface area contributed by atoms with Gasteiger partial charge in [-0.15, -0.1) is 0 Å². The summed E-state index contributed by atoms with van der Waals surface area (Å²) < 4.78 is 6.01. The third-order valence-electron chi connectivity index (χ3n) is 6.31. The largest absolute Gasteiger partial charge is 0.458 e. The molecule has 0 aromatic heterocycles. The standard InChI is InChI=1S/C27H24O2/c28-27(21-14-8-3-9-15-21)29-24-18-22-16-17-23(24)26(22)25(19-10-4-1-5-11-19)20-12-6-2-7-13-20/h1-15,22-24H,16-18H2/t22-,23+,24+/m0/s1. The Morgan fingerprint density at radius 1 is 0.690 bits per heavy atom. The molecule has 5 rings (SSSR count). The van der Waals surface area contributed by atoms with Crippen LogP contribution in [0.5, 0.6) is 0 Å². The molecule has 3 aromatic carbocycles. The monoisotopic (exact) mass is 380 g/mol. The summed E-state index contributed by atoms with van der Waals surface area (Å²) in [6.45, 7) is 0. The Morgan fingerprint density at radius 2 is 1.21 bits per heavy atom. The number of ether oxygens (including phenoxy) is 1. The molecule has 2 saturated carbocycles. The van der Waals surface area contributed by atoms with Gasteiger partial charge in [0, 0.05) is 5.92 Å². The summed E-state index contributed by atoms with van der Waals surface area (Å²) in [6.07, 6.45) is 3.18. The summed E-state index contributed by atoms with van der Waals surface area (Å²) in [5.41, 5.74) is 5.94. The number of hydrogen-bond donors (Lipinski definition) is 0. The molecule has 0 radical (unpaired) electrons. The molecule has 2 fully saturated rings. The maximum absolute atomic E-state index is 12.7. The first-order valence-electron chi connectivity index (χ1n) is 10.4. The second kappa shape index (κ2) is 7.71. The van der Waals surface area contributed by atoms with E-state index in [2.05, 4.69) is 60.7 Å². The number of fused-ring (bicyclic) bond motifs is 2. The van der Waals surface area contributed by atoms with Gasteiger partial charge in [0.25, 0.3) is 0 Å². The molecule has 0 spiro atoms. The van der Waals surface area contributed by atoms with Gasteiger partial charge in [0.05, 0.1) is 5.56 Å². The molecule has 0 unspecified atom stereocenters. The summed E-state index contributed by atoms with van der Waals surface area (Å²) in [6, 6.07) is 30.6. The van der Waals surface area contributed by atoms with Gasteiger partial charge in [-0.3, -0.25) is 0 Å². The minimum Gasteiger partial charge on any atom is -0.458 e. The van der Waals surface area contributed by atoms with Crippen LogP contribution in [0.3, 0.4) is 0 Å². The van der Waals surface area contributed by atoms with Gasteiger partial charge in [0.1, 0.15) is 6.10 Å². The maximum atomic E-state index is 12.7. The van der Waals surface area contributed by atoms with Gasteiger partial charge in [-0.2, -0.15) is 0 Å². The SMILES string of the molecule is O=C(O[C@@H]1C[C@@H]2CC[C@H]1C2=C(c1ccccc1)c1ccccc1)c1ccccc1. The average molecular weight is 380 g/mol. The van der Waals surface area contributed by atoms with Crippen LogP contribution in [0, 0.1) is 11.8 Å². The lowest BCUT2D eigenvalue weighted by molar-refractivity contribution is 0.0170. The quantitative estimate of drug-likeness (QED) is 0.508. The molecule has 2 bridgehead atoms. The van der Waals surface area contributed by atoms with E-state index < -0.39 is 0 Å². The molecule has 0 saturated heterocycles. The fraction of sp³-hybridized carbons (Fsp3) is 0.222. The van der Waals surface area contributed by atoms with E-state index in [9.17, 15) is 4.79 Å². The Morgan fingerprint density at radius 3 is 1.76 bits per heavy atom. The molecule has 0 N–H and O–H groups in total. The van der Waals surface area contributed by atoms with Crippen LogP contribution in [0.25, 0.3) is 5.57 Å². The van der Waals surface area contributed by atoms with Crippen LogP contribution in [-0.4, -0.2) is 12.1 Å². The summed E-state index contributed by atoms with van der Waals surface area (Å²) in [4.78, 5) is 12.7. The van der Waals surface area contributed by atoms with Crippen LogP contribution >= 0.6 is 0 Å². The van der Waals surface area contributed by atoms with Crippen LogP contribution < -0.4 is 0 Å². The van der Waals surface area contributed by atoms with Crippen molar-refractivity contribution in [3.8, 4) is 0 Å². The zero-order chi connectivity index (χ0) is 19.6. The predicted molar refractivity (Wildman–Crippen MR) is 115 cm³/mol. The number of rotatable bonds is 4. The van der Waals surface area contributed by atoms with E-state index in [1.807, 2.05) is 30.3 Å². The number of benzene rings is 3. The first kappa shape index (κ1) is 17.9. The van der Waals surface area contributed by atoms with Crippen molar-refractivity contribution in [2.45, 2.75) is 25.4 Å². The predicted octanol–water partition coefficient (Wildman–Crippen LogP) is 6.14. The fourth-order valence-electron chi connectivity index (χ4n) is 5.08. The molecule has 0 heterocycles. The first-order chi connectivity index (χ1) is 14.3. The Hall–Kier alpha value is -3.13. The van der Waals surface area contributed by atoms with Crippen molar-refractivity contribution < 1.29 is 9.53 Å². The van der Waals surface area contributed by atoms with E-state index in [-0.39, 0.29) is 12.1 Å². The summed E-state index contributed by atoms with van der Waals surface area (Å²) in [5.74, 6) is 0.593. The second-order valence-electron chi connectivity index (χ2n) is 7.99. The topological polar surface area (TPSA) is 26.3 Å². The van der Waals surface area contributed by atoms with E-state index >= 15 is 0 Å². The van der Waals surface area contributed by atoms with Gasteiger partial charge in [0.15, 0.2) is 0 Å². The second-order valence-corrected chi connectivity index (χ2v) is 7.99. The summed E-state index contributed by atoms with van der Waals surface area (Å²) in [7, 11) is 0. The molecule has 2 aliphatic rings. The van der Waals surface area contributed by atoms with Crippen LogP contribution in [0.2, 0.25) is 0 Å². The normalized spacial score (nSPS) is 22.5. The Balaban J connectivity index is 1.52. The Labute approximate surface area is 171 Å². The molecule has 2 aliphatic carbocycles. The average Bonchev–Trinajstić information content (AvgIpc) is 3.33. The van der Waals surface area contributed by atoms with E-state index in [0.29, 0.717) is 17.4 Å². The summed E-state index contributed by atoms with van der Waals surface area (Å²) in [5, 5.41) is 0. The van der Waals surface area contributed by atoms with Crippen molar-refractivity contribution in [3.63, 3.8) is 0 Å². The van der Waals surface area contributed by atoms with Crippen molar-refractivity contribution in [1.29, 1.82) is 0 Å². The highest BCUT2D eigenvalue weighted by Crippen LogP contribution is 2.54. The molecule has 29 heavy (non-hydrogen) atoms. The minimum absolute atomic E-state index is 0.0288. The molecular weight excluding hydrogens is 356 g/mol. The van der Waals surface area contributed by atoms with E-state index in [4.69, 9.17) is 4.74 Å². The third kappa shape index (κ3) is 3.40. The van der Waals surface area contributed by atoms with Gasteiger partial charge in [-0.1, -0.05) is 84.4 Å². The van der Waals surface area contributed by atoms with Crippen molar-refractivity contribution in [2.24, 2.45) is 11.8 Å². The van der Waals surface area contributed by atoms with Crippen LogP contribution in [0.1, 0.15) is 40.7 Å². The van der Waals surface area contributed by atoms with Crippen molar-refractivity contribution in [3.05, 3.63) is 113 Å². The van der Waals surface area contributed by atoms with E-state index in [1.165, 1.54) is 28.7 Å². The number of carbonyl (C=O) groups excluding carboxylic acids is 1. The summed E-state index contributed by atoms with van der Waals surface area (Å²) >= 11 is 0. The molecule has 0 amide bonds. The lowest BCUT2D eigenvalue weighted by Crippen LogP contribution is -2.24. The third-order valence-corrected chi connectivity index (χ3v) is 6.31. The van der Waals surface area contributed by atoms with E-state index in [1.54, 1.807) is 0 Å². The molecule has 3 aromatic rings. The maximum Gasteiger partial charge on any atom is 0.338 e. The smallest absolute Gasteiger partial charge is 0.338 e. The molecule has 0 aliphatic heterocycles. The molecule has 2 heteroatoms. The first-order valence-corrected chi connectivity index (χ1v) is 10.4. The van der Waals surface area contributed by atoms with Gasteiger partial charge >= 0.3 is 5.97 Å². The molecule has 3 atom stereocenters. The minimum atomic E-state index is -0.205. The number of hydrogen-bond acceptors (Lipinski definition) is 2. The zero-order valence-electron chi connectivity index (χ0n) is 16.3. The van der Waals surface area contributed by atoms with Gasteiger partial charge < -0.3 is 4.74 Å². The number of esters is 1. The lowest BCUT2D eigenvalue weighted by Gasteiger charge is -2.22. The zero-order valence-corrected chi connectivity index (χ0v) is 16.3. The highest BCUT2D eigenvalue weighted by atomic mass is 16.5. The van der Waals surface area contributed by atoms with Crippen molar-refractivity contribution in [1.82, 2.24) is 0 Å². The Bertz CT molecular complexity index is 980. The van der Waals surface area contributed by atoms with Crippen LogP contribution in [0.4, 0.5) is 0 Å². The number of carbonyl (C=O) groups is 1. The molecular formula is C27H24O2. The van der Waals surface area contributed by atoms with Crippen LogP contribution in [0.15, 0.2) is 96.6 Å². The highest BCUT2D eigenvalue weighted by molar-refractivity contribution is 5.89. The van der Waals surface area contributed by atoms with E-state index in [0.717, 1.165) is 12.8 Å².